The first kappa shape index (κ1) is 26.6. The van der Waals surface area contributed by atoms with Crippen molar-refractivity contribution >= 4 is 11.8 Å². The van der Waals surface area contributed by atoms with Gasteiger partial charge in [0.25, 0.3) is 0 Å². The third kappa shape index (κ3) is 8.05. The number of nitrogens with one attached hydrogen (secondary N) is 1. The van der Waals surface area contributed by atoms with Crippen LogP contribution in [0.1, 0.15) is 59.8 Å². The fraction of sp³-hybridized carbons (Fsp3) is 0.692. The molecular weight excluding hydrogens is 436 g/mol. The first-order valence-electron chi connectivity index (χ1n) is 12.3. The van der Waals surface area contributed by atoms with Gasteiger partial charge in [0.2, 0.25) is 11.8 Å². The van der Waals surface area contributed by atoms with Crippen LogP contribution in [0.15, 0.2) is 36.0 Å². The fourth-order valence-corrected chi connectivity index (χ4v) is 4.80. The van der Waals surface area contributed by atoms with Crippen LogP contribution in [-0.4, -0.2) is 65.7 Å². The van der Waals surface area contributed by atoms with Crippen molar-refractivity contribution in [3.05, 3.63) is 36.0 Å². The Morgan fingerprint density at radius 3 is 2.62 bits per heavy atom. The molecule has 2 amide bonds. The van der Waals surface area contributed by atoms with Crippen LogP contribution in [0.2, 0.25) is 0 Å². The van der Waals surface area contributed by atoms with E-state index in [-0.39, 0.29) is 54.3 Å². The van der Waals surface area contributed by atoms with E-state index < -0.39 is 6.10 Å². The van der Waals surface area contributed by atoms with Gasteiger partial charge >= 0.3 is 0 Å². The van der Waals surface area contributed by atoms with Gasteiger partial charge in [0.1, 0.15) is 0 Å². The van der Waals surface area contributed by atoms with E-state index >= 15 is 0 Å². The third-order valence-electron chi connectivity index (χ3n) is 6.84. The molecule has 0 saturated carbocycles. The molecule has 3 aliphatic rings. The molecule has 8 heteroatoms. The zero-order chi connectivity index (χ0) is 24.9. The van der Waals surface area contributed by atoms with Crippen molar-refractivity contribution in [2.24, 2.45) is 11.7 Å². The number of epoxide rings is 1. The van der Waals surface area contributed by atoms with E-state index in [0.717, 1.165) is 37.9 Å². The maximum atomic E-state index is 12.1. The molecule has 3 aliphatic heterocycles. The van der Waals surface area contributed by atoms with Crippen LogP contribution in [0.3, 0.4) is 0 Å². The molecule has 0 unspecified atom stereocenters. The number of primary amides is 1. The number of amides is 2. The number of carbonyl (C=O) groups excluding carboxylic acids is 2. The summed E-state index contributed by atoms with van der Waals surface area (Å²) in [5.41, 5.74) is 6.33. The number of ether oxygens (including phenoxy) is 3. The molecule has 0 radical (unpaired) electrons. The Morgan fingerprint density at radius 2 is 1.97 bits per heavy atom. The summed E-state index contributed by atoms with van der Waals surface area (Å²) in [6.07, 6.45) is 11.5. The molecule has 3 rings (SSSR count). The van der Waals surface area contributed by atoms with Gasteiger partial charge in [-0.15, -0.1) is 0 Å². The van der Waals surface area contributed by atoms with E-state index in [0.29, 0.717) is 5.92 Å². The highest BCUT2D eigenvalue weighted by Gasteiger charge is 2.51. The lowest BCUT2D eigenvalue weighted by Crippen LogP contribution is -2.50. The minimum Gasteiger partial charge on any atom is -0.389 e. The lowest BCUT2D eigenvalue weighted by Gasteiger charge is -2.39. The molecule has 8 atom stereocenters. The molecule has 0 aromatic heterocycles. The maximum Gasteiger partial charge on any atom is 0.244 e. The number of aliphatic hydroxyl groups is 1. The second-order valence-electron chi connectivity index (χ2n) is 10.2. The standard InChI is InChI=1S/C26H40N2O6/c1-16(5-8-20-13-26(15-32-26)14-21(34-20)12-24(27)30)6-9-23-17(2)11-22(19(4)33-23)28-25(31)10-7-18(3)29/h5-8,10,17-23,29H,9,11-15H2,1-4H3,(H2,27,30)(H,28,31)/t17-,18-,19+,20+,21+,22+,23-,26+/m0/s1. The van der Waals surface area contributed by atoms with Crippen LogP contribution in [0.5, 0.6) is 0 Å². The molecule has 0 aromatic rings. The number of carbonyl (C=O) groups is 2. The number of aliphatic hydroxyl groups excluding tert-OH is 1. The molecule has 34 heavy (non-hydrogen) atoms. The van der Waals surface area contributed by atoms with E-state index in [1.807, 2.05) is 13.0 Å². The maximum absolute atomic E-state index is 12.1. The lowest BCUT2D eigenvalue weighted by atomic mass is 9.88. The summed E-state index contributed by atoms with van der Waals surface area (Å²) in [7, 11) is 0. The van der Waals surface area contributed by atoms with Crippen LogP contribution in [0.4, 0.5) is 0 Å². The molecule has 190 valence electrons. The van der Waals surface area contributed by atoms with Crippen LogP contribution in [0, 0.1) is 5.92 Å². The Kier molecular flexibility index (Phi) is 9.09. The smallest absolute Gasteiger partial charge is 0.244 e. The summed E-state index contributed by atoms with van der Waals surface area (Å²) in [4.78, 5) is 23.4. The quantitative estimate of drug-likeness (QED) is 0.267. The van der Waals surface area contributed by atoms with Crippen molar-refractivity contribution in [1.82, 2.24) is 5.32 Å². The molecule has 0 aromatic carbocycles. The highest BCUT2D eigenvalue weighted by Crippen LogP contribution is 2.43. The Bertz CT molecular complexity index is 816. The van der Waals surface area contributed by atoms with Gasteiger partial charge in [-0.1, -0.05) is 36.8 Å². The Morgan fingerprint density at radius 1 is 1.24 bits per heavy atom. The highest BCUT2D eigenvalue weighted by atomic mass is 16.6. The Balaban J connectivity index is 1.49. The van der Waals surface area contributed by atoms with Crippen LogP contribution >= 0.6 is 0 Å². The predicted octanol–water partition coefficient (Wildman–Crippen LogP) is 2.31. The number of nitrogens with two attached hydrogens (primary N) is 1. The normalized spacial score (nSPS) is 37.3. The average Bonchev–Trinajstić information content (AvgIpc) is 3.49. The Hall–Kier alpha value is -2.00. The minimum absolute atomic E-state index is 0.0591. The molecule has 8 nitrogen and oxygen atoms in total. The SMILES string of the molecule is CC(C=C[C@@H]1C[C@]2(CO2)C[C@@H](CC(N)=O)O1)=CC[C@@H]1O[C@H](C)[C@H](NC(=O)C=C[C@H](C)O)C[C@@H]1C. The molecule has 4 N–H and O–H groups in total. The number of hydrogen-bond acceptors (Lipinski definition) is 6. The molecule has 3 heterocycles. The van der Waals surface area contributed by atoms with Gasteiger partial charge in [0.05, 0.1) is 55.2 Å². The fourth-order valence-electron chi connectivity index (χ4n) is 4.80. The first-order chi connectivity index (χ1) is 16.0. The summed E-state index contributed by atoms with van der Waals surface area (Å²) < 4.78 is 17.9. The molecule has 3 saturated heterocycles. The van der Waals surface area contributed by atoms with Gasteiger partial charge in [-0.05, 0) is 39.5 Å². The molecule has 1 spiro atoms. The van der Waals surface area contributed by atoms with E-state index in [1.165, 1.54) is 12.2 Å². The molecule has 0 bridgehead atoms. The van der Waals surface area contributed by atoms with E-state index in [4.69, 9.17) is 19.9 Å². The van der Waals surface area contributed by atoms with E-state index in [2.05, 4.69) is 31.3 Å². The molecule has 3 fully saturated rings. The van der Waals surface area contributed by atoms with Gasteiger partial charge in [0.15, 0.2) is 0 Å². The van der Waals surface area contributed by atoms with Gasteiger partial charge in [-0.25, -0.2) is 0 Å². The second-order valence-corrected chi connectivity index (χ2v) is 10.2. The average molecular weight is 477 g/mol. The topological polar surface area (TPSA) is 123 Å². The largest absolute Gasteiger partial charge is 0.389 e. The zero-order valence-electron chi connectivity index (χ0n) is 20.7. The molecule has 0 aliphatic carbocycles. The monoisotopic (exact) mass is 476 g/mol. The third-order valence-corrected chi connectivity index (χ3v) is 6.84. The highest BCUT2D eigenvalue weighted by molar-refractivity contribution is 5.87. The lowest BCUT2D eigenvalue weighted by molar-refractivity contribution is -0.125. The number of allylic oxidation sites excluding steroid dienone is 2. The van der Waals surface area contributed by atoms with Crippen LogP contribution in [0.25, 0.3) is 0 Å². The van der Waals surface area contributed by atoms with E-state index in [9.17, 15) is 14.7 Å². The van der Waals surface area contributed by atoms with Crippen molar-refractivity contribution in [2.75, 3.05) is 6.61 Å². The van der Waals surface area contributed by atoms with Gasteiger partial charge in [-0.2, -0.15) is 0 Å². The van der Waals surface area contributed by atoms with Crippen molar-refractivity contribution in [3.8, 4) is 0 Å². The van der Waals surface area contributed by atoms with Crippen LogP contribution in [-0.2, 0) is 23.8 Å². The summed E-state index contributed by atoms with van der Waals surface area (Å²) in [6, 6.07) is -0.0591. The van der Waals surface area contributed by atoms with Crippen molar-refractivity contribution < 1.29 is 28.9 Å². The summed E-state index contributed by atoms with van der Waals surface area (Å²) in [5.74, 6) is -0.275. The van der Waals surface area contributed by atoms with Crippen molar-refractivity contribution in [2.45, 2.75) is 102 Å². The number of rotatable bonds is 9. The minimum atomic E-state index is -0.650. The van der Waals surface area contributed by atoms with Gasteiger partial charge < -0.3 is 30.4 Å². The summed E-state index contributed by atoms with van der Waals surface area (Å²) >= 11 is 0. The van der Waals surface area contributed by atoms with Crippen molar-refractivity contribution in [3.63, 3.8) is 0 Å². The predicted molar refractivity (Wildman–Crippen MR) is 129 cm³/mol. The van der Waals surface area contributed by atoms with Crippen LogP contribution < -0.4 is 11.1 Å². The van der Waals surface area contributed by atoms with Crippen molar-refractivity contribution in [1.29, 1.82) is 0 Å². The molecular formula is C26H40N2O6. The zero-order valence-corrected chi connectivity index (χ0v) is 20.7. The van der Waals surface area contributed by atoms with Gasteiger partial charge in [-0.3, -0.25) is 9.59 Å². The summed E-state index contributed by atoms with van der Waals surface area (Å²) in [5, 5.41) is 12.3. The van der Waals surface area contributed by atoms with E-state index in [1.54, 1.807) is 6.92 Å². The number of hydrogen-bond donors (Lipinski definition) is 3. The summed E-state index contributed by atoms with van der Waals surface area (Å²) in [6.45, 7) is 8.51. The van der Waals surface area contributed by atoms with Gasteiger partial charge in [0, 0.05) is 18.9 Å². The second kappa shape index (κ2) is 11.6. The first-order valence-corrected chi connectivity index (χ1v) is 12.3. The Labute approximate surface area is 202 Å².